The second-order valence-corrected chi connectivity index (χ2v) is 6.03. The fourth-order valence-corrected chi connectivity index (χ4v) is 2.82. The van der Waals surface area contributed by atoms with Gasteiger partial charge in [-0.1, -0.05) is 5.21 Å². The Kier molecular flexibility index (Phi) is 4.25. The van der Waals surface area contributed by atoms with Gasteiger partial charge in [-0.05, 0) is 36.4 Å². The topological polar surface area (TPSA) is 56.5 Å². The van der Waals surface area contributed by atoms with E-state index in [9.17, 15) is 26.3 Å². The summed E-state index contributed by atoms with van der Waals surface area (Å²) in [5.41, 5.74) is -1.86. The van der Waals surface area contributed by atoms with Crippen LogP contribution in [-0.4, -0.2) is 25.0 Å². The Balaban J connectivity index is 1.94. The molecule has 0 aliphatic rings. The molecular weight excluding hydrogens is 400 g/mol. The average Bonchev–Trinajstić information content (AvgIpc) is 3.11. The predicted octanol–water partition coefficient (Wildman–Crippen LogP) is 4.92. The number of nitrogens with zero attached hydrogens (tertiary/aromatic N) is 5. The highest BCUT2D eigenvalue weighted by molar-refractivity contribution is 5.89. The Morgan fingerprint density at radius 2 is 1.38 bits per heavy atom. The van der Waals surface area contributed by atoms with Crippen LogP contribution in [0.4, 0.5) is 26.3 Å². The molecule has 3 heterocycles. The number of hydrogen-bond acceptors (Lipinski definition) is 4. The van der Waals surface area contributed by atoms with Gasteiger partial charge in [0.25, 0.3) is 0 Å². The van der Waals surface area contributed by atoms with Gasteiger partial charge in [-0.3, -0.25) is 9.97 Å². The summed E-state index contributed by atoms with van der Waals surface area (Å²) in [6.45, 7) is 0. The second kappa shape index (κ2) is 6.54. The van der Waals surface area contributed by atoms with Gasteiger partial charge < -0.3 is 0 Å². The molecule has 0 unspecified atom stereocenters. The van der Waals surface area contributed by atoms with E-state index < -0.39 is 29.2 Å². The van der Waals surface area contributed by atoms with E-state index in [1.54, 1.807) is 12.1 Å². The fraction of sp³-hybridized carbons (Fsp3) is 0.111. The molecule has 0 N–H and O–H groups in total. The molecule has 0 bridgehead atoms. The SMILES string of the molecule is FC(F)(F)c1cc(-n2nnc3c(-c4ccncc4)nccc32)cc(C(F)(F)F)c1. The molecule has 4 rings (SSSR count). The molecule has 29 heavy (non-hydrogen) atoms. The second-order valence-electron chi connectivity index (χ2n) is 6.03. The first-order valence-electron chi connectivity index (χ1n) is 8.05. The fourth-order valence-electron chi connectivity index (χ4n) is 2.82. The quantitative estimate of drug-likeness (QED) is 0.441. The van der Waals surface area contributed by atoms with Gasteiger partial charge in [0.15, 0.2) is 0 Å². The number of halogens is 6. The van der Waals surface area contributed by atoms with Crippen molar-refractivity contribution in [3.05, 3.63) is 66.1 Å². The Labute approximate surface area is 158 Å². The zero-order chi connectivity index (χ0) is 20.8. The third-order valence-electron chi connectivity index (χ3n) is 4.14. The summed E-state index contributed by atoms with van der Waals surface area (Å²) < 4.78 is 79.8. The van der Waals surface area contributed by atoms with Gasteiger partial charge in [0, 0.05) is 24.2 Å². The molecule has 148 valence electrons. The summed E-state index contributed by atoms with van der Waals surface area (Å²) in [4.78, 5) is 8.08. The van der Waals surface area contributed by atoms with Gasteiger partial charge in [0.2, 0.25) is 0 Å². The molecule has 0 radical (unpaired) electrons. The van der Waals surface area contributed by atoms with E-state index in [-0.39, 0.29) is 17.1 Å². The summed E-state index contributed by atoms with van der Waals surface area (Å²) >= 11 is 0. The van der Waals surface area contributed by atoms with Crippen LogP contribution < -0.4 is 0 Å². The lowest BCUT2D eigenvalue weighted by atomic mass is 10.1. The third-order valence-corrected chi connectivity index (χ3v) is 4.14. The summed E-state index contributed by atoms with van der Waals surface area (Å²) in [5, 5.41) is 7.70. The van der Waals surface area contributed by atoms with E-state index in [4.69, 9.17) is 0 Å². The van der Waals surface area contributed by atoms with Gasteiger partial charge in [0.05, 0.1) is 22.3 Å². The Morgan fingerprint density at radius 3 is 1.97 bits per heavy atom. The lowest BCUT2D eigenvalue weighted by Gasteiger charge is -2.14. The first kappa shape index (κ1) is 18.8. The third kappa shape index (κ3) is 3.50. The highest BCUT2D eigenvalue weighted by atomic mass is 19.4. The number of benzene rings is 1. The molecule has 1 aromatic carbocycles. The van der Waals surface area contributed by atoms with E-state index in [1.165, 1.54) is 24.7 Å². The summed E-state index contributed by atoms with van der Waals surface area (Å²) in [6, 6.07) is 5.95. The normalized spacial score (nSPS) is 12.5. The maximum absolute atomic E-state index is 13.1. The summed E-state index contributed by atoms with van der Waals surface area (Å²) in [7, 11) is 0. The number of aromatic nitrogens is 5. The summed E-state index contributed by atoms with van der Waals surface area (Å²) in [6.07, 6.45) is -5.52. The van der Waals surface area contributed by atoms with Crippen molar-refractivity contribution >= 4 is 11.0 Å². The van der Waals surface area contributed by atoms with Crippen LogP contribution in [0.15, 0.2) is 55.0 Å². The maximum Gasteiger partial charge on any atom is 0.416 e. The van der Waals surface area contributed by atoms with E-state index in [1.807, 2.05) is 0 Å². The molecule has 0 atom stereocenters. The molecule has 0 aliphatic heterocycles. The van der Waals surface area contributed by atoms with Gasteiger partial charge in [-0.25, -0.2) is 4.68 Å². The van der Waals surface area contributed by atoms with E-state index in [0.717, 1.165) is 4.68 Å². The Morgan fingerprint density at radius 1 is 0.759 bits per heavy atom. The van der Waals surface area contributed by atoms with Crippen LogP contribution >= 0.6 is 0 Å². The molecule has 4 aromatic rings. The van der Waals surface area contributed by atoms with Crippen LogP contribution in [0.3, 0.4) is 0 Å². The zero-order valence-corrected chi connectivity index (χ0v) is 14.2. The highest BCUT2D eigenvalue weighted by Crippen LogP contribution is 2.37. The van der Waals surface area contributed by atoms with Crippen LogP contribution in [0.1, 0.15) is 11.1 Å². The first-order chi connectivity index (χ1) is 13.6. The van der Waals surface area contributed by atoms with Crippen molar-refractivity contribution in [2.24, 2.45) is 0 Å². The van der Waals surface area contributed by atoms with Crippen LogP contribution in [0.2, 0.25) is 0 Å². The summed E-state index contributed by atoms with van der Waals surface area (Å²) in [5.74, 6) is 0. The van der Waals surface area contributed by atoms with Crippen molar-refractivity contribution in [1.82, 2.24) is 25.0 Å². The molecular formula is C18H9F6N5. The van der Waals surface area contributed by atoms with Crippen molar-refractivity contribution in [3.63, 3.8) is 0 Å². The molecule has 11 heteroatoms. The molecule has 0 fully saturated rings. The lowest BCUT2D eigenvalue weighted by Crippen LogP contribution is -2.12. The smallest absolute Gasteiger partial charge is 0.265 e. The minimum Gasteiger partial charge on any atom is -0.265 e. The van der Waals surface area contributed by atoms with Crippen molar-refractivity contribution < 1.29 is 26.3 Å². The molecule has 0 saturated carbocycles. The van der Waals surface area contributed by atoms with Gasteiger partial charge in [-0.15, -0.1) is 5.10 Å². The van der Waals surface area contributed by atoms with Crippen LogP contribution in [0.5, 0.6) is 0 Å². The van der Waals surface area contributed by atoms with Crippen molar-refractivity contribution in [3.8, 4) is 16.9 Å². The van der Waals surface area contributed by atoms with Crippen LogP contribution in [0, 0.1) is 0 Å². The monoisotopic (exact) mass is 409 g/mol. The minimum atomic E-state index is -4.96. The number of alkyl halides is 6. The van der Waals surface area contributed by atoms with E-state index in [2.05, 4.69) is 20.3 Å². The van der Waals surface area contributed by atoms with Gasteiger partial charge in [0.1, 0.15) is 11.2 Å². The van der Waals surface area contributed by atoms with E-state index in [0.29, 0.717) is 23.4 Å². The first-order valence-corrected chi connectivity index (χ1v) is 8.05. The molecule has 0 aliphatic carbocycles. The molecule has 0 amide bonds. The average molecular weight is 409 g/mol. The largest absolute Gasteiger partial charge is 0.416 e. The zero-order valence-electron chi connectivity index (χ0n) is 14.2. The molecule has 3 aromatic heterocycles. The number of fused-ring (bicyclic) bond motifs is 1. The van der Waals surface area contributed by atoms with Crippen molar-refractivity contribution in [2.45, 2.75) is 12.4 Å². The van der Waals surface area contributed by atoms with Crippen LogP contribution in [0.25, 0.3) is 28.0 Å². The molecule has 0 spiro atoms. The molecule has 0 saturated heterocycles. The number of pyridine rings is 2. The maximum atomic E-state index is 13.1. The lowest BCUT2D eigenvalue weighted by molar-refractivity contribution is -0.143. The number of rotatable bonds is 2. The highest BCUT2D eigenvalue weighted by Gasteiger charge is 2.37. The van der Waals surface area contributed by atoms with Crippen molar-refractivity contribution in [1.29, 1.82) is 0 Å². The molecule has 5 nitrogen and oxygen atoms in total. The predicted molar refractivity (Wildman–Crippen MR) is 89.9 cm³/mol. The standard InChI is InChI=1S/C18H9F6N5/c19-17(20,21)11-7-12(18(22,23)24)9-13(8-11)29-14-3-6-26-15(16(14)27-28-29)10-1-4-25-5-2-10/h1-9H. The van der Waals surface area contributed by atoms with Gasteiger partial charge in [-0.2, -0.15) is 26.3 Å². The Hall–Kier alpha value is -3.50. The van der Waals surface area contributed by atoms with Gasteiger partial charge >= 0.3 is 12.4 Å². The van der Waals surface area contributed by atoms with Crippen LogP contribution in [-0.2, 0) is 12.4 Å². The minimum absolute atomic E-state index is 0.0621. The number of hydrogen-bond donors (Lipinski definition) is 0. The van der Waals surface area contributed by atoms with E-state index >= 15 is 0 Å². The Bertz CT molecular complexity index is 1150. The van der Waals surface area contributed by atoms with Crippen molar-refractivity contribution in [2.75, 3.05) is 0 Å².